The number of aromatic nitrogens is 1. The first-order valence-corrected chi connectivity index (χ1v) is 9.39. The fourth-order valence-corrected chi connectivity index (χ4v) is 3.15. The highest BCUT2D eigenvalue weighted by Crippen LogP contribution is 2.28. The quantitative estimate of drug-likeness (QED) is 0.587. The first-order chi connectivity index (χ1) is 12.6. The number of halogens is 2. The summed E-state index contributed by atoms with van der Waals surface area (Å²) in [5.74, 6) is -0.206. The molecule has 0 saturated heterocycles. The number of hydrogen-bond donors (Lipinski definition) is 2. The standard InChI is InChI=1S/C18H22Cl2N4O3/c1-18(2,3)16(25)23-13-4-12(19)15(20)22-14(13)9-27-17(26)24-7-10-5-21-6-11(10)8-24/h4,21H,5-9H2,1-3H3,(H,23,25). The minimum absolute atomic E-state index is 0.0874. The van der Waals surface area contributed by atoms with Gasteiger partial charge in [0.1, 0.15) is 17.5 Å². The molecule has 2 aliphatic heterocycles. The second-order valence-electron chi connectivity index (χ2n) is 7.68. The Balaban J connectivity index is 1.67. The van der Waals surface area contributed by atoms with Gasteiger partial charge in [0.05, 0.1) is 10.7 Å². The number of ether oxygens (including phenoxy) is 1. The Bertz CT molecular complexity index is 802. The van der Waals surface area contributed by atoms with E-state index in [0.29, 0.717) is 24.5 Å². The van der Waals surface area contributed by atoms with E-state index in [4.69, 9.17) is 27.9 Å². The Hall–Kier alpha value is -1.83. The van der Waals surface area contributed by atoms with Crippen molar-refractivity contribution in [1.82, 2.24) is 15.2 Å². The Labute approximate surface area is 168 Å². The van der Waals surface area contributed by atoms with Gasteiger partial charge in [0.2, 0.25) is 5.91 Å². The average molecular weight is 413 g/mol. The highest BCUT2D eigenvalue weighted by atomic mass is 35.5. The number of carbonyl (C=O) groups excluding carboxylic acids is 2. The monoisotopic (exact) mass is 412 g/mol. The molecule has 3 heterocycles. The van der Waals surface area contributed by atoms with Gasteiger partial charge in [-0.3, -0.25) is 4.79 Å². The maximum Gasteiger partial charge on any atom is 0.410 e. The van der Waals surface area contributed by atoms with Crippen LogP contribution >= 0.6 is 23.2 Å². The Morgan fingerprint density at radius 3 is 2.48 bits per heavy atom. The van der Waals surface area contributed by atoms with Gasteiger partial charge in [-0.05, 0) is 17.2 Å². The molecule has 0 saturated carbocycles. The Kier molecular flexibility index (Phi) is 5.65. The molecule has 0 fully saturated rings. The molecule has 0 spiro atoms. The van der Waals surface area contributed by atoms with E-state index >= 15 is 0 Å². The molecule has 2 N–H and O–H groups in total. The summed E-state index contributed by atoms with van der Waals surface area (Å²) < 4.78 is 5.40. The summed E-state index contributed by atoms with van der Waals surface area (Å²) in [5.41, 5.74) is 2.62. The Morgan fingerprint density at radius 2 is 1.89 bits per heavy atom. The van der Waals surface area contributed by atoms with Gasteiger partial charge in [-0.2, -0.15) is 0 Å². The molecule has 2 amide bonds. The summed E-state index contributed by atoms with van der Waals surface area (Å²) in [4.78, 5) is 30.5. The van der Waals surface area contributed by atoms with E-state index in [-0.39, 0.29) is 22.7 Å². The molecule has 0 atom stereocenters. The van der Waals surface area contributed by atoms with Crippen LogP contribution in [0.3, 0.4) is 0 Å². The van der Waals surface area contributed by atoms with Crippen LogP contribution in [0.1, 0.15) is 26.5 Å². The minimum Gasteiger partial charge on any atom is -0.443 e. The van der Waals surface area contributed by atoms with E-state index in [1.54, 1.807) is 25.7 Å². The lowest BCUT2D eigenvalue weighted by Crippen LogP contribution is -2.33. The lowest BCUT2D eigenvalue weighted by Gasteiger charge is -2.21. The van der Waals surface area contributed by atoms with E-state index in [1.807, 2.05) is 0 Å². The average Bonchev–Trinajstić information content (AvgIpc) is 3.17. The lowest BCUT2D eigenvalue weighted by atomic mass is 9.95. The van der Waals surface area contributed by atoms with E-state index in [2.05, 4.69) is 15.6 Å². The van der Waals surface area contributed by atoms with Crippen LogP contribution < -0.4 is 10.6 Å². The van der Waals surface area contributed by atoms with Gasteiger partial charge in [0, 0.05) is 31.6 Å². The van der Waals surface area contributed by atoms with Crippen LogP contribution in [0.5, 0.6) is 0 Å². The van der Waals surface area contributed by atoms with Crippen LogP contribution in [0.25, 0.3) is 0 Å². The van der Waals surface area contributed by atoms with Crippen LogP contribution in [0, 0.1) is 5.41 Å². The van der Waals surface area contributed by atoms with Crippen molar-refractivity contribution in [3.63, 3.8) is 0 Å². The zero-order valence-corrected chi connectivity index (χ0v) is 17.0. The van der Waals surface area contributed by atoms with Crippen LogP contribution in [-0.4, -0.2) is 48.1 Å². The van der Waals surface area contributed by atoms with Gasteiger partial charge < -0.3 is 20.3 Å². The Morgan fingerprint density at radius 1 is 1.26 bits per heavy atom. The van der Waals surface area contributed by atoms with Crippen molar-refractivity contribution in [2.75, 3.05) is 31.5 Å². The molecule has 2 aliphatic rings. The van der Waals surface area contributed by atoms with Gasteiger partial charge in [0.15, 0.2) is 0 Å². The summed E-state index contributed by atoms with van der Waals surface area (Å²) >= 11 is 12.0. The van der Waals surface area contributed by atoms with E-state index in [1.165, 1.54) is 17.2 Å². The van der Waals surface area contributed by atoms with Crippen molar-refractivity contribution in [3.05, 3.63) is 33.1 Å². The SMILES string of the molecule is CC(C)(C)C(=O)Nc1cc(Cl)c(Cl)nc1COC(=O)N1CC2=C(CNC2)C1. The second kappa shape index (κ2) is 7.66. The number of anilines is 1. The molecule has 0 aliphatic carbocycles. The highest BCUT2D eigenvalue weighted by molar-refractivity contribution is 6.41. The van der Waals surface area contributed by atoms with Crippen molar-refractivity contribution < 1.29 is 14.3 Å². The molecule has 146 valence electrons. The van der Waals surface area contributed by atoms with Crippen LogP contribution in [0.2, 0.25) is 10.2 Å². The summed E-state index contributed by atoms with van der Waals surface area (Å²) in [5, 5.41) is 6.34. The predicted octanol–water partition coefficient (Wildman–Crippen LogP) is 3.23. The molecule has 1 aromatic heterocycles. The smallest absolute Gasteiger partial charge is 0.410 e. The van der Waals surface area contributed by atoms with Crippen molar-refractivity contribution in [1.29, 1.82) is 0 Å². The van der Waals surface area contributed by atoms with Crippen LogP contribution in [-0.2, 0) is 16.1 Å². The van der Waals surface area contributed by atoms with Crippen molar-refractivity contribution in [3.8, 4) is 0 Å². The molecule has 0 aromatic carbocycles. The van der Waals surface area contributed by atoms with E-state index < -0.39 is 11.5 Å². The van der Waals surface area contributed by atoms with E-state index in [0.717, 1.165) is 13.1 Å². The second-order valence-corrected chi connectivity index (χ2v) is 8.45. The topological polar surface area (TPSA) is 83.6 Å². The van der Waals surface area contributed by atoms with Crippen molar-refractivity contribution in [2.24, 2.45) is 5.41 Å². The number of rotatable bonds is 3. The highest BCUT2D eigenvalue weighted by Gasteiger charge is 2.29. The predicted molar refractivity (Wildman–Crippen MR) is 104 cm³/mol. The first-order valence-electron chi connectivity index (χ1n) is 8.63. The number of pyridine rings is 1. The molecule has 3 rings (SSSR count). The molecule has 9 heteroatoms. The van der Waals surface area contributed by atoms with Gasteiger partial charge in [-0.15, -0.1) is 0 Å². The molecular formula is C18H22Cl2N4O3. The number of carbonyl (C=O) groups is 2. The molecule has 27 heavy (non-hydrogen) atoms. The van der Waals surface area contributed by atoms with Gasteiger partial charge in [0.25, 0.3) is 0 Å². The maximum atomic E-state index is 12.4. The maximum absolute atomic E-state index is 12.4. The van der Waals surface area contributed by atoms with Crippen LogP contribution in [0.4, 0.5) is 10.5 Å². The molecule has 1 aromatic rings. The van der Waals surface area contributed by atoms with Crippen molar-refractivity contribution >= 4 is 40.9 Å². The third-order valence-corrected chi connectivity index (χ3v) is 5.15. The summed E-state index contributed by atoms with van der Waals surface area (Å²) in [7, 11) is 0. The fourth-order valence-electron chi connectivity index (χ4n) is 2.85. The third kappa shape index (κ3) is 4.54. The number of hydrogen-bond acceptors (Lipinski definition) is 5. The largest absolute Gasteiger partial charge is 0.443 e. The molecule has 0 unspecified atom stereocenters. The van der Waals surface area contributed by atoms with Gasteiger partial charge in [-0.25, -0.2) is 9.78 Å². The molecule has 0 bridgehead atoms. The fraction of sp³-hybridized carbons (Fsp3) is 0.500. The summed E-state index contributed by atoms with van der Waals surface area (Å²) in [6.07, 6.45) is -0.426. The molecule has 7 nitrogen and oxygen atoms in total. The summed E-state index contributed by atoms with van der Waals surface area (Å²) in [6, 6.07) is 1.52. The van der Waals surface area contributed by atoms with Gasteiger partial charge in [-0.1, -0.05) is 44.0 Å². The minimum atomic E-state index is -0.601. The first kappa shape index (κ1) is 19.9. The normalized spacial score (nSPS) is 16.6. The third-order valence-electron chi connectivity index (χ3n) is 4.47. The number of amides is 2. The number of nitrogens with one attached hydrogen (secondary N) is 2. The summed E-state index contributed by atoms with van der Waals surface area (Å²) in [6.45, 7) is 8.04. The van der Waals surface area contributed by atoms with Crippen molar-refractivity contribution in [2.45, 2.75) is 27.4 Å². The lowest BCUT2D eigenvalue weighted by molar-refractivity contribution is -0.123. The van der Waals surface area contributed by atoms with Crippen LogP contribution in [0.15, 0.2) is 17.2 Å². The zero-order valence-electron chi connectivity index (χ0n) is 15.5. The zero-order chi connectivity index (χ0) is 19.8. The molecular weight excluding hydrogens is 391 g/mol. The number of nitrogens with zero attached hydrogens (tertiary/aromatic N) is 2. The van der Waals surface area contributed by atoms with Gasteiger partial charge >= 0.3 is 6.09 Å². The molecule has 0 radical (unpaired) electrons. The van der Waals surface area contributed by atoms with E-state index in [9.17, 15) is 9.59 Å².